The maximum absolute atomic E-state index is 11.2. The highest BCUT2D eigenvalue weighted by atomic mass is 35.5. The van der Waals surface area contributed by atoms with Crippen LogP contribution >= 0.6 is 11.6 Å². The molecule has 0 fully saturated rings. The minimum absolute atomic E-state index is 0.0117. The molecule has 1 heterocycles. The van der Waals surface area contributed by atoms with E-state index < -0.39 is 0 Å². The van der Waals surface area contributed by atoms with Crippen LogP contribution in [0.2, 0.25) is 0 Å². The molecule has 0 bridgehead atoms. The Hall–Kier alpha value is -1.87. The molecule has 0 aliphatic rings. The molecule has 0 aliphatic heterocycles. The summed E-state index contributed by atoms with van der Waals surface area (Å²) >= 11 is 5.46. The number of aromatic nitrogens is 1. The van der Waals surface area contributed by atoms with Gasteiger partial charge >= 0.3 is 0 Å². The standard InChI is InChI=1S/C14H12ClNO2/c15-9-12(17)8-11-3-5-13(6-4-11)18-14-2-1-7-16-10-14/h1-7,10H,8-9H2. The van der Waals surface area contributed by atoms with Gasteiger partial charge in [-0.05, 0) is 29.8 Å². The van der Waals surface area contributed by atoms with Crippen LogP contribution in [-0.4, -0.2) is 16.6 Å². The Bertz CT molecular complexity index is 511. The second kappa shape index (κ2) is 6.17. The number of halogens is 1. The van der Waals surface area contributed by atoms with E-state index in [1.165, 1.54) is 0 Å². The van der Waals surface area contributed by atoms with E-state index in [0.717, 1.165) is 5.56 Å². The average molecular weight is 262 g/mol. The SMILES string of the molecule is O=C(CCl)Cc1ccc(Oc2cccnc2)cc1. The van der Waals surface area contributed by atoms with Crippen molar-refractivity contribution in [1.82, 2.24) is 4.98 Å². The quantitative estimate of drug-likeness (QED) is 0.776. The monoisotopic (exact) mass is 261 g/mol. The molecular weight excluding hydrogens is 250 g/mol. The molecule has 1 aromatic heterocycles. The Labute approximate surface area is 110 Å². The highest BCUT2D eigenvalue weighted by Gasteiger charge is 2.02. The molecule has 3 nitrogen and oxygen atoms in total. The van der Waals surface area contributed by atoms with Crippen molar-refractivity contribution in [2.75, 3.05) is 5.88 Å². The number of nitrogens with zero attached hydrogens (tertiary/aromatic N) is 1. The summed E-state index contributed by atoms with van der Waals surface area (Å²) in [6.45, 7) is 0. The summed E-state index contributed by atoms with van der Waals surface area (Å²) < 4.78 is 5.59. The van der Waals surface area contributed by atoms with E-state index >= 15 is 0 Å². The molecule has 0 amide bonds. The van der Waals surface area contributed by atoms with Crippen LogP contribution in [0.15, 0.2) is 48.8 Å². The van der Waals surface area contributed by atoms with Gasteiger partial charge in [0, 0.05) is 12.6 Å². The summed E-state index contributed by atoms with van der Waals surface area (Å²) in [5, 5.41) is 0. The van der Waals surface area contributed by atoms with E-state index in [2.05, 4.69) is 4.98 Å². The average Bonchev–Trinajstić information content (AvgIpc) is 2.42. The van der Waals surface area contributed by atoms with Crippen LogP contribution in [-0.2, 0) is 11.2 Å². The zero-order valence-electron chi connectivity index (χ0n) is 9.67. The van der Waals surface area contributed by atoms with Crippen molar-refractivity contribution in [3.8, 4) is 11.5 Å². The minimum atomic E-state index is 0.0117. The van der Waals surface area contributed by atoms with Crippen molar-refractivity contribution in [2.45, 2.75) is 6.42 Å². The normalized spacial score (nSPS) is 10.1. The highest BCUT2D eigenvalue weighted by Crippen LogP contribution is 2.20. The third-order valence-corrected chi connectivity index (χ3v) is 2.64. The van der Waals surface area contributed by atoms with Crippen molar-refractivity contribution >= 4 is 17.4 Å². The summed E-state index contributed by atoms with van der Waals surface area (Å²) in [5.41, 5.74) is 0.930. The van der Waals surface area contributed by atoms with E-state index in [0.29, 0.717) is 17.9 Å². The Morgan fingerprint density at radius 1 is 1.17 bits per heavy atom. The van der Waals surface area contributed by atoms with Crippen LogP contribution in [0.4, 0.5) is 0 Å². The Balaban J connectivity index is 2.02. The summed E-state index contributed by atoms with van der Waals surface area (Å²) in [6, 6.07) is 11.0. The van der Waals surface area contributed by atoms with E-state index in [1.54, 1.807) is 12.4 Å². The minimum Gasteiger partial charge on any atom is -0.456 e. The third kappa shape index (κ3) is 3.57. The molecule has 0 saturated carbocycles. The van der Waals surface area contributed by atoms with Gasteiger partial charge in [-0.1, -0.05) is 12.1 Å². The number of ketones is 1. The number of Topliss-reactive ketones (excluding diaryl/α,β-unsaturated/α-hetero) is 1. The fourth-order valence-corrected chi connectivity index (χ4v) is 1.59. The maximum Gasteiger partial charge on any atom is 0.151 e. The molecule has 4 heteroatoms. The zero-order valence-corrected chi connectivity index (χ0v) is 10.4. The molecule has 0 spiro atoms. The summed E-state index contributed by atoms with van der Waals surface area (Å²) in [6.07, 6.45) is 3.69. The van der Waals surface area contributed by atoms with Gasteiger partial charge in [0.2, 0.25) is 0 Å². The number of carbonyl (C=O) groups excluding carboxylic acids is 1. The van der Waals surface area contributed by atoms with Gasteiger partial charge in [-0.3, -0.25) is 9.78 Å². The van der Waals surface area contributed by atoms with Gasteiger partial charge < -0.3 is 4.74 Å². The lowest BCUT2D eigenvalue weighted by Crippen LogP contribution is -2.03. The second-order valence-corrected chi connectivity index (χ2v) is 4.05. The summed E-state index contributed by atoms with van der Waals surface area (Å²) in [4.78, 5) is 15.2. The van der Waals surface area contributed by atoms with Crippen LogP contribution in [0, 0.1) is 0 Å². The van der Waals surface area contributed by atoms with E-state index in [1.807, 2.05) is 36.4 Å². The Morgan fingerprint density at radius 3 is 2.56 bits per heavy atom. The predicted octanol–water partition coefficient (Wildman–Crippen LogP) is 3.22. The van der Waals surface area contributed by atoms with Gasteiger partial charge in [-0.2, -0.15) is 0 Å². The molecule has 0 saturated heterocycles. The molecule has 18 heavy (non-hydrogen) atoms. The van der Waals surface area contributed by atoms with Crippen molar-refractivity contribution in [3.63, 3.8) is 0 Å². The number of benzene rings is 1. The van der Waals surface area contributed by atoms with Crippen molar-refractivity contribution in [2.24, 2.45) is 0 Å². The molecule has 0 radical (unpaired) electrons. The molecule has 2 aromatic rings. The number of hydrogen-bond acceptors (Lipinski definition) is 3. The summed E-state index contributed by atoms with van der Waals surface area (Å²) in [5.74, 6) is 1.46. The van der Waals surface area contributed by atoms with Gasteiger partial charge in [-0.15, -0.1) is 11.6 Å². The number of rotatable bonds is 5. The molecular formula is C14H12ClNO2. The van der Waals surface area contributed by atoms with Crippen LogP contribution in [0.5, 0.6) is 11.5 Å². The lowest BCUT2D eigenvalue weighted by Gasteiger charge is -2.05. The van der Waals surface area contributed by atoms with Gasteiger partial charge in [-0.25, -0.2) is 0 Å². The molecule has 0 N–H and O–H groups in total. The highest BCUT2D eigenvalue weighted by molar-refractivity contribution is 6.27. The first kappa shape index (κ1) is 12.6. The Kier molecular flexibility index (Phi) is 4.31. The third-order valence-electron chi connectivity index (χ3n) is 2.34. The first-order valence-electron chi connectivity index (χ1n) is 5.52. The van der Waals surface area contributed by atoms with E-state index in [-0.39, 0.29) is 11.7 Å². The first-order chi connectivity index (χ1) is 8.78. The lowest BCUT2D eigenvalue weighted by molar-refractivity contribution is -0.116. The number of ether oxygens (including phenoxy) is 1. The largest absolute Gasteiger partial charge is 0.456 e. The topological polar surface area (TPSA) is 39.2 Å². The molecule has 2 rings (SSSR count). The maximum atomic E-state index is 11.2. The molecule has 0 unspecified atom stereocenters. The molecule has 0 aliphatic carbocycles. The second-order valence-electron chi connectivity index (χ2n) is 3.78. The number of alkyl halides is 1. The van der Waals surface area contributed by atoms with Crippen molar-refractivity contribution < 1.29 is 9.53 Å². The fourth-order valence-electron chi connectivity index (χ4n) is 1.49. The van der Waals surface area contributed by atoms with E-state index in [9.17, 15) is 4.79 Å². The van der Waals surface area contributed by atoms with Gasteiger partial charge in [0.25, 0.3) is 0 Å². The van der Waals surface area contributed by atoms with Crippen molar-refractivity contribution in [1.29, 1.82) is 0 Å². The fraction of sp³-hybridized carbons (Fsp3) is 0.143. The lowest BCUT2D eigenvalue weighted by atomic mass is 10.1. The first-order valence-corrected chi connectivity index (χ1v) is 6.06. The van der Waals surface area contributed by atoms with Crippen LogP contribution in [0.25, 0.3) is 0 Å². The Morgan fingerprint density at radius 2 is 1.94 bits per heavy atom. The zero-order chi connectivity index (χ0) is 12.8. The van der Waals surface area contributed by atoms with Gasteiger partial charge in [0.15, 0.2) is 5.78 Å². The van der Waals surface area contributed by atoms with Crippen LogP contribution in [0.1, 0.15) is 5.56 Å². The van der Waals surface area contributed by atoms with Crippen LogP contribution in [0.3, 0.4) is 0 Å². The van der Waals surface area contributed by atoms with Gasteiger partial charge in [0.1, 0.15) is 11.5 Å². The van der Waals surface area contributed by atoms with Gasteiger partial charge in [0.05, 0.1) is 12.1 Å². The predicted molar refractivity (Wildman–Crippen MR) is 70.2 cm³/mol. The molecule has 0 atom stereocenters. The molecule has 92 valence electrons. The number of hydrogen-bond donors (Lipinski definition) is 0. The van der Waals surface area contributed by atoms with Crippen molar-refractivity contribution in [3.05, 3.63) is 54.4 Å². The number of pyridine rings is 1. The van der Waals surface area contributed by atoms with E-state index in [4.69, 9.17) is 16.3 Å². The van der Waals surface area contributed by atoms with Crippen LogP contribution < -0.4 is 4.74 Å². The number of carbonyl (C=O) groups is 1. The summed E-state index contributed by atoms with van der Waals surface area (Å²) in [7, 11) is 0. The smallest absolute Gasteiger partial charge is 0.151 e. The molecule has 1 aromatic carbocycles.